The summed E-state index contributed by atoms with van der Waals surface area (Å²) in [7, 11) is 0. The highest BCUT2D eigenvalue weighted by atomic mass is 35.5. The number of hydrogen-bond donors (Lipinski definition) is 2. The molecule has 2 N–H and O–H groups in total. The first-order valence-electron chi connectivity index (χ1n) is 3.51. The van der Waals surface area contributed by atoms with Gasteiger partial charge in [-0.3, -0.25) is 0 Å². The molecule has 8 nitrogen and oxygen atoms in total. The summed E-state index contributed by atoms with van der Waals surface area (Å²) >= 11 is 17.9. The van der Waals surface area contributed by atoms with Crippen LogP contribution in [0, 0.1) is 0 Å². The van der Waals surface area contributed by atoms with Crippen molar-refractivity contribution in [2.75, 3.05) is 13.2 Å². The Morgan fingerprint density at radius 1 is 0.722 bits per heavy atom. The maximum absolute atomic E-state index is 9.86. The highest BCUT2D eigenvalue weighted by Gasteiger charge is 1.97. The normalized spacial score (nSPS) is 7.56. The van der Waals surface area contributed by atoms with Gasteiger partial charge in [0.05, 0.1) is 0 Å². The maximum atomic E-state index is 9.86. The second-order valence-electron chi connectivity index (χ2n) is 1.68. The standard InChI is InChI=1S/C4H4Cl2O4.2CHClO2/c5-3(7)9-1-2-10-4(6)8;2*2-1(3)4/h1-2H2;2*(H,3,4). The van der Waals surface area contributed by atoms with Crippen LogP contribution in [0.15, 0.2) is 0 Å². The number of halogens is 4. The Balaban J connectivity index is -0.000000233. The van der Waals surface area contributed by atoms with Gasteiger partial charge in [-0.1, -0.05) is 0 Å². The molecule has 0 aliphatic carbocycles. The van der Waals surface area contributed by atoms with Gasteiger partial charge >= 0.3 is 21.7 Å². The van der Waals surface area contributed by atoms with Gasteiger partial charge in [-0.25, -0.2) is 19.2 Å². The Morgan fingerprint density at radius 2 is 0.889 bits per heavy atom. The third-order valence-corrected chi connectivity index (χ3v) is 0.733. The smallest absolute Gasteiger partial charge is 0.403 e. The van der Waals surface area contributed by atoms with E-state index in [0.717, 1.165) is 0 Å². The van der Waals surface area contributed by atoms with Crippen LogP contribution in [0.2, 0.25) is 0 Å². The maximum Gasteiger partial charge on any atom is 0.403 e. The van der Waals surface area contributed by atoms with Crippen LogP contribution in [-0.4, -0.2) is 45.1 Å². The molecule has 0 fully saturated rings. The zero-order valence-electron chi connectivity index (χ0n) is 8.27. The van der Waals surface area contributed by atoms with Gasteiger partial charge < -0.3 is 19.7 Å². The van der Waals surface area contributed by atoms with Crippen molar-refractivity contribution in [1.82, 2.24) is 0 Å². The van der Waals surface area contributed by atoms with Gasteiger partial charge in [-0.05, 0) is 0 Å². The minimum atomic E-state index is -1.36. The lowest BCUT2D eigenvalue weighted by atomic mass is 10.8. The van der Waals surface area contributed by atoms with E-state index in [1.807, 2.05) is 0 Å². The van der Waals surface area contributed by atoms with Crippen LogP contribution in [-0.2, 0) is 9.47 Å². The molecule has 12 heteroatoms. The molecule has 0 amide bonds. The molecular weight excluding hydrogens is 342 g/mol. The van der Waals surface area contributed by atoms with Gasteiger partial charge in [0, 0.05) is 46.4 Å². The number of carboxylic acid groups (broad SMARTS) is 2. The van der Waals surface area contributed by atoms with E-state index in [2.05, 4.69) is 32.7 Å². The van der Waals surface area contributed by atoms with Gasteiger partial charge in [-0.2, -0.15) is 0 Å². The Morgan fingerprint density at radius 3 is 1.00 bits per heavy atom. The van der Waals surface area contributed by atoms with Crippen molar-refractivity contribution >= 4 is 68.1 Å². The summed E-state index contributed by atoms with van der Waals surface area (Å²) in [6.07, 6.45) is 0. The molecule has 0 spiro atoms. The van der Waals surface area contributed by atoms with E-state index in [1.165, 1.54) is 0 Å². The highest BCUT2D eigenvalue weighted by molar-refractivity contribution is 6.61. The zero-order valence-corrected chi connectivity index (χ0v) is 11.3. The summed E-state index contributed by atoms with van der Waals surface area (Å²) in [5.74, 6) is 0. The lowest BCUT2D eigenvalue weighted by Crippen LogP contribution is -2.06. The third-order valence-electron chi connectivity index (χ3n) is 0.514. The van der Waals surface area contributed by atoms with Crippen molar-refractivity contribution in [1.29, 1.82) is 0 Å². The van der Waals surface area contributed by atoms with Crippen LogP contribution < -0.4 is 0 Å². The van der Waals surface area contributed by atoms with E-state index in [0.29, 0.717) is 0 Å². The largest absolute Gasteiger partial charge is 0.469 e. The molecule has 0 aromatic carbocycles. The molecule has 0 saturated heterocycles. The van der Waals surface area contributed by atoms with Crippen molar-refractivity contribution in [2.45, 2.75) is 0 Å². The van der Waals surface area contributed by atoms with E-state index >= 15 is 0 Å². The molecule has 0 aliphatic rings. The summed E-state index contributed by atoms with van der Waals surface area (Å²) in [5, 5.41) is 14.4. The van der Waals surface area contributed by atoms with Crippen LogP contribution in [0.3, 0.4) is 0 Å². The number of hydrogen-bond acceptors (Lipinski definition) is 6. The summed E-state index contributed by atoms with van der Waals surface area (Å²) in [6.45, 7) is -0.165. The summed E-state index contributed by atoms with van der Waals surface area (Å²) in [6, 6.07) is 0. The molecule has 0 aromatic heterocycles. The molecule has 0 atom stereocenters. The van der Waals surface area contributed by atoms with E-state index in [1.54, 1.807) is 0 Å². The lowest BCUT2D eigenvalue weighted by Gasteiger charge is -1.98. The van der Waals surface area contributed by atoms with E-state index in [-0.39, 0.29) is 13.2 Å². The SMILES string of the molecule is O=C(Cl)OCCOC(=O)Cl.O=C(O)Cl.O=C(O)Cl. The molecule has 106 valence electrons. The molecule has 0 heterocycles. The van der Waals surface area contributed by atoms with Crippen molar-refractivity contribution in [3.05, 3.63) is 0 Å². The minimum absolute atomic E-state index is 0.0825. The van der Waals surface area contributed by atoms with Gasteiger partial charge in [0.1, 0.15) is 13.2 Å². The van der Waals surface area contributed by atoms with Crippen molar-refractivity contribution in [2.24, 2.45) is 0 Å². The molecule has 0 aromatic rings. The molecule has 0 unspecified atom stereocenters. The van der Waals surface area contributed by atoms with Crippen LogP contribution >= 0.6 is 46.4 Å². The Bertz CT molecular complexity index is 245. The fraction of sp³-hybridized carbons (Fsp3) is 0.333. The van der Waals surface area contributed by atoms with Crippen molar-refractivity contribution < 1.29 is 38.9 Å². The Kier molecular flexibility index (Phi) is 19.8. The summed E-state index contributed by atoms with van der Waals surface area (Å²) in [5.41, 5.74) is -4.60. The lowest BCUT2D eigenvalue weighted by molar-refractivity contribution is 0.121. The monoisotopic (exact) mass is 346 g/mol. The predicted octanol–water partition coefficient (Wildman–Crippen LogP) is 3.54. The number of carbonyl (C=O) groups excluding carboxylic acids is 2. The Labute approximate surface area is 120 Å². The van der Waals surface area contributed by atoms with Crippen molar-refractivity contribution in [3.63, 3.8) is 0 Å². The first-order valence-corrected chi connectivity index (χ1v) is 5.02. The topological polar surface area (TPSA) is 127 Å². The minimum Gasteiger partial charge on any atom is -0.469 e. The average Bonchev–Trinajstić information content (AvgIpc) is 2.09. The first-order chi connectivity index (χ1) is 8.09. The van der Waals surface area contributed by atoms with E-state index in [4.69, 9.17) is 43.0 Å². The molecular formula is C6H6Cl4O8. The van der Waals surface area contributed by atoms with E-state index < -0.39 is 21.7 Å². The number of carbonyl (C=O) groups is 4. The molecule has 0 radical (unpaired) electrons. The molecule has 0 aliphatic heterocycles. The molecule has 0 saturated carbocycles. The number of rotatable bonds is 3. The van der Waals surface area contributed by atoms with Crippen LogP contribution in [0.4, 0.5) is 19.2 Å². The molecule has 0 rings (SSSR count). The van der Waals surface area contributed by atoms with Gasteiger partial charge in [0.15, 0.2) is 0 Å². The van der Waals surface area contributed by atoms with Crippen LogP contribution in [0.5, 0.6) is 0 Å². The number of ether oxygens (including phenoxy) is 2. The fourth-order valence-corrected chi connectivity index (χ4v) is 0.398. The molecule has 18 heavy (non-hydrogen) atoms. The molecule has 0 bridgehead atoms. The van der Waals surface area contributed by atoms with Gasteiger partial charge in [0.25, 0.3) is 0 Å². The first kappa shape index (κ1) is 22.2. The second kappa shape index (κ2) is 16.0. The van der Waals surface area contributed by atoms with Gasteiger partial charge in [-0.15, -0.1) is 0 Å². The highest BCUT2D eigenvalue weighted by Crippen LogP contribution is 1.89. The third kappa shape index (κ3) is 81.3. The zero-order chi connectivity index (χ0) is 15.1. The van der Waals surface area contributed by atoms with Crippen LogP contribution in [0.25, 0.3) is 0 Å². The van der Waals surface area contributed by atoms with Crippen LogP contribution in [0.1, 0.15) is 0 Å². The summed E-state index contributed by atoms with van der Waals surface area (Å²) < 4.78 is 8.37. The quantitative estimate of drug-likeness (QED) is 0.586. The second-order valence-corrected chi connectivity index (χ2v) is 2.94. The van der Waals surface area contributed by atoms with Crippen molar-refractivity contribution in [3.8, 4) is 0 Å². The van der Waals surface area contributed by atoms with Gasteiger partial charge in [0.2, 0.25) is 0 Å². The predicted molar refractivity (Wildman–Crippen MR) is 62.2 cm³/mol. The fourth-order valence-electron chi connectivity index (χ4n) is 0.244. The average molecular weight is 348 g/mol. The Hall–Kier alpha value is -0.960. The summed E-state index contributed by atoms with van der Waals surface area (Å²) in [4.78, 5) is 37.2. The van der Waals surface area contributed by atoms with E-state index in [9.17, 15) is 9.59 Å².